The standard InChI is InChI=1S/C18H27N3O2S/c1-13(2)16-7-9-17(10-8-16)24(22,23)20(5)12-11-18-14(3)19-21(6)15(18)4/h7-10,13H,11-12H2,1-6H3. The normalized spacial score (nSPS) is 12.3. The molecule has 0 aliphatic carbocycles. The van der Waals surface area contributed by atoms with Crippen molar-refractivity contribution in [2.24, 2.45) is 7.05 Å². The van der Waals surface area contributed by atoms with Crippen LogP contribution in [0.5, 0.6) is 0 Å². The predicted molar refractivity (Wildman–Crippen MR) is 96.7 cm³/mol. The van der Waals surface area contributed by atoms with Crippen molar-refractivity contribution in [2.75, 3.05) is 13.6 Å². The van der Waals surface area contributed by atoms with E-state index in [1.165, 1.54) is 4.31 Å². The van der Waals surface area contributed by atoms with Crippen LogP contribution in [0.3, 0.4) is 0 Å². The highest BCUT2D eigenvalue weighted by Gasteiger charge is 2.21. The fraction of sp³-hybridized carbons (Fsp3) is 0.500. The van der Waals surface area contributed by atoms with Gasteiger partial charge in [0.25, 0.3) is 0 Å². The van der Waals surface area contributed by atoms with Crippen molar-refractivity contribution in [3.05, 3.63) is 46.8 Å². The minimum atomic E-state index is -3.46. The molecule has 1 heterocycles. The molecule has 0 spiro atoms. The summed E-state index contributed by atoms with van der Waals surface area (Å²) >= 11 is 0. The number of benzene rings is 1. The summed E-state index contributed by atoms with van der Waals surface area (Å²) in [6, 6.07) is 7.17. The van der Waals surface area contributed by atoms with Gasteiger partial charge >= 0.3 is 0 Å². The fourth-order valence-corrected chi connectivity index (χ4v) is 3.94. The van der Waals surface area contributed by atoms with Crippen molar-refractivity contribution >= 4 is 10.0 Å². The summed E-state index contributed by atoms with van der Waals surface area (Å²) in [5.74, 6) is 0.385. The molecule has 24 heavy (non-hydrogen) atoms. The van der Waals surface area contributed by atoms with Crippen molar-refractivity contribution < 1.29 is 8.42 Å². The van der Waals surface area contributed by atoms with Gasteiger partial charge in [0.15, 0.2) is 0 Å². The van der Waals surface area contributed by atoms with Gasteiger partial charge in [-0.25, -0.2) is 12.7 Å². The lowest BCUT2D eigenvalue weighted by atomic mass is 10.0. The highest BCUT2D eigenvalue weighted by molar-refractivity contribution is 7.89. The number of aryl methyl sites for hydroxylation is 2. The van der Waals surface area contributed by atoms with E-state index in [2.05, 4.69) is 18.9 Å². The van der Waals surface area contributed by atoms with Crippen LogP contribution in [0.4, 0.5) is 0 Å². The van der Waals surface area contributed by atoms with E-state index in [0.29, 0.717) is 23.8 Å². The smallest absolute Gasteiger partial charge is 0.242 e. The first-order chi connectivity index (χ1) is 11.1. The minimum absolute atomic E-state index is 0.342. The Morgan fingerprint density at radius 1 is 1.17 bits per heavy atom. The van der Waals surface area contributed by atoms with Crippen molar-refractivity contribution in [1.82, 2.24) is 14.1 Å². The third-order valence-electron chi connectivity index (χ3n) is 4.59. The van der Waals surface area contributed by atoms with Gasteiger partial charge in [-0.3, -0.25) is 4.68 Å². The molecule has 0 amide bonds. The van der Waals surface area contributed by atoms with E-state index in [-0.39, 0.29) is 0 Å². The van der Waals surface area contributed by atoms with Crippen LogP contribution in [0, 0.1) is 13.8 Å². The second kappa shape index (κ2) is 7.07. The number of likely N-dealkylation sites (N-methyl/N-ethyl adjacent to an activating group) is 1. The number of rotatable bonds is 6. The topological polar surface area (TPSA) is 55.2 Å². The Morgan fingerprint density at radius 2 is 1.75 bits per heavy atom. The number of sulfonamides is 1. The number of aromatic nitrogens is 2. The summed E-state index contributed by atoms with van der Waals surface area (Å²) in [6.07, 6.45) is 0.658. The van der Waals surface area contributed by atoms with Crippen LogP contribution in [-0.2, 0) is 23.5 Å². The first-order valence-corrected chi connectivity index (χ1v) is 9.64. The zero-order valence-electron chi connectivity index (χ0n) is 15.4. The Bertz CT molecular complexity index is 806. The predicted octanol–water partition coefficient (Wildman–Crippen LogP) is 3.02. The Morgan fingerprint density at radius 3 is 2.21 bits per heavy atom. The SMILES string of the molecule is Cc1nn(C)c(C)c1CCN(C)S(=O)(=O)c1ccc(C(C)C)cc1. The number of nitrogens with zero attached hydrogens (tertiary/aromatic N) is 3. The van der Waals surface area contributed by atoms with Crippen LogP contribution in [0.25, 0.3) is 0 Å². The summed E-state index contributed by atoms with van der Waals surface area (Å²) in [7, 11) is 0.0726. The van der Waals surface area contributed by atoms with E-state index in [1.54, 1.807) is 19.2 Å². The number of hydrogen-bond acceptors (Lipinski definition) is 3. The van der Waals surface area contributed by atoms with Gasteiger partial charge in [-0.05, 0) is 49.4 Å². The molecule has 0 saturated heterocycles. The van der Waals surface area contributed by atoms with E-state index in [0.717, 1.165) is 22.5 Å². The Hall–Kier alpha value is -1.66. The summed E-state index contributed by atoms with van der Waals surface area (Å²) in [4.78, 5) is 0.342. The van der Waals surface area contributed by atoms with Crippen LogP contribution in [-0.4, -0.2) is 36.1 Å². The molecule has 0 aliphatic rings. The highest BCUT2D eigenvalue weighted by Crippen LogP contribution is 2.20. The molecule has 0 radical (unpaired) electrons. The molecule has 2 aromatic rings. The molecule has 6 heteroatoms. The van der Waals surface area contributed by atoms with Gasteiger partial charge in [0.2, 0.25) is 10.0 Å². The third kappa shape index (κ3) is 3.70. The maximum Gasteiger partial charge on any atom is 0.242 e. The summed E-state index contributed by atoms with van der Waals surface area (Å²) < 4.78 is 28.7. The van der Waals surface area contributed by atoms with Gasteiger partial charge in [-0.1, -0.05) is 26.0 Å². The monoisotopic (exact) mass is 349 g/mol. The van der Waals surface area contributed by atoms with Gasteiger partial charge in [0.05, 0.1) is 10.6 Å². The van der Waals surface area contributed by atoms with Gasteiger partial charge < -0.3 is 0 Å². The molecule has 0 N–H and O–H groups in total. The van der Waals surface area contributed by atoms with Crippen LogP contribution in [0.1, 0.15) is 42.3 Å². The van der Waals surface area contributed by atoms with E-state index in [9.17, 15) is 8.42 Å². The average Bonchev–Trinajstić information content (AvgIpc) is 2.77. The third-order valence-corrected chi connectivity index (χ3v) is 6.46. The zero-order valence-corrected chi connectivity index (χ0v) is 16.2. The van der Waals surface area contributed by atoms with Crippen LogP contribution >= 0.6 is 0 Å². The highest BCUT2D eigenvalue weighted by atomic mass is 32.2. The quantitative estimate of drug-likeness (QED) is 0.805. The first kappa shape index (κ1) is 18.7. The maximum absolute atomic E-state index is 12.7. The van der Waals surface area contributed by atoms with E-state index in [4.69, 9.17) is 0 Å². The lowest BCUT2D eigenvalue weighted by Crippen LogP contribution is -2.29. The zero-order chi connectivity index (χ0) is 18.1. The summed E-state index contributed by atoms with van der Waals surface area (Å²) in [6.45, 7) is 8.58. The van der Waals surface area contributed by atoms with Gasteiger partial charge in [-0.2, -0.15) is 5.10 Å². The van der Waals surface area contributed by atoms with Crippen molar-refractivity contribution in [2.45, 2.75) is 44.9 Å². The minimum Gasteiger partial charge on any atom is -0.272 e. The molecule has 2 rings (SSSR count). The van der Waals surface area contributed by atoms with Crippen LogP contribution < -0.4 is 0 Å². The molecule has 132 valence electrons. The van der Waals surface area contributed by atoms with Crippen molar-refractivity contribution in [1.29, 1.82) is 0 Å². The Labute approximate surface area is 145 Å². The lowest BCUT2D eigenvalue weighted by Gasteiger charge is -2.18. The average molecular weight is 350 g/mol. The molecule has 0 saturated carbocycles. The molecule has 0 unspecified atom stereocenters. The van der Waals surface area contributed by atoms with Crippen LogP contribution in [0.15, 0.2) is 29.2 Å². The Kier molecular flexibility index (Phi) is 5.50. The number of hydrogen-bond donors (Lipinski definition) is 0. The molecule has 1 aromatic carbocycles. The molecule has 0 aliphatic heterocycles. The largest absolute Gasteiger partial charge is 0.272 e. The van der Waals surface area contributed by atoms with Crippen molar-refractivity contribution in [3.63, 3.8) is 0 Å². The lowest BCUT2D eigenvalue weighted by molar-refractivity contribution is 0.472. The summed E-state index contributed by atoms with van der Waals surface area (Å²) in [5.41, 5.74) is 4.30. The van der Waals surface area contributed by atoms with E-state index < -0.39 is 10.0 Å². The molecule has 0 atom stereocenters. The first-order valence-electron chi connectivity index (χ1n) is 8.20. The van der Waals surface area contributed by atoms with Gasteiger partial charge in [-0.15, -0.1) is 0 Å². The molecular weight excluding hydrogens is 322 g/mol. The second-order valence-electron chi connectivity index (χ2n) is 6.57. The molecule has 0 bridgehead atoms. The second-order valence-corrected chi connectivity index (χ2v) is 8.62. The van der Waals surface area contributed by atoms with Crippen LogP contribution in [0.2, 0.25) is 0 Å². The molecule has 0 fully saturated rings. The molecular formula is C18H27N3O2S. The van der Waals surface area contributed by atoms with Gasteiger partial charge in [0.1, 0.15) is 0 Å². The molecule has 1 aromatic heterocycles. The molecule has 5 nitrogen and oxygen atoms in total. The van der Waals surface area contributed by atoms with E-state index in [1.807, 2.05) is 37.7 Å². The van der Waals surface area contributed by atoms with Gasteiger partial charge in [0, 0.05) is 26.3 Å². The maximum atomic E-state index is 12.7. The Balaban J connectivity index is 2.14. The fourth-order valence-electron chi connectivity index (χ4n) is 2.77. The van der Waals surface area contributed by atoms with E-state index >= 15 is 0 Å². The van der Waals surface area contributed by atoms with Crippen molar-refractivity contribution in [3.8, 4) is 0 Å². The summed E-state index contributed by atoms with van der Waals surface area (Å²) in [5, 5.41) is 4.38.